The summed E-state index contributed by atoms with van der Waals surface area (Å²) < 4.78 is 0. The summed E-state index contributed by atoms with van der Waals surface area (Å²) in [5.41, 5.74) is 0.955. The van der Waals surface area contributed by atoms with Gasteiger partial charge in [-0.05, 0) is 18.4 Å². The van der Waals surface area contributed by atoms with Crippen LogP contribution in [0.1, 0.15) is 20.3 Å². The van der Waals surface area contributed by atoms with Crippen LogP contribution < -0.4 is 0 Å². The van der Waals surface area contributed by atoms with Crippen LogP contribution in [-0.2, 0) is 0 Å². The van der Waals surface area contributed by atoms with Gasteiger partial charge in [-0.1, -0.05) is 19.0 Å². The van der Waals surface area contributed by atoms with Gasteiger partial charge in [0, 0.05) is 10.2 Å². The van der Waals surface area contributed by atoms with Crippen LogP contribution in [0.5, 0.6) is 0 Å². The van der Waals surface area contributed by atoms with Crippen molar-refractivity contribution in [3.05, 3.63) is 0 Å². The highest BCUT2D eigenvalue weighted by atomic mass is 28.1. The lowest BCUT2D eigenvalue weighted by Crippen LogP contribution is -2.01. The Balaban J connectivity index is 3.58. The lowest BCUT2D eigenvalue weighted by molar-refractivity contribution is 0.316. The van der Waals surface area contributed by atoms with Crippen LogP contribution in [0.2, 0.25) is 6.04 Å². The number of hydrogen-bond acceptors (Lipinski definition) is 2. The van der Waals surface area contributed by atoms with E-state index in [9.17, 15) is 0 Å². The van der Waals surface area contributed by atoms with Crippen molar-refractivity contribution in [1.82, 2.24) is 0 Å². The molecule has 0 aromatic heterocycles. The number of oxime groups is 1. The summed E-state index contributed by atoms with van der Waals surface area (Å²) in [5.74, 6) is 0.616. The van der Waals surface area contributed by atoms with E-state index in [2.05, 4.69) is 19.0 Å². The Bertz CT molecular complexity index is 101. The summed E-state index contributed by atoms with van der Waals surface area (Å²) in [7, 11) is 1.10. The Morgan fingerprint density at radius 3 is 2.33 bits per heavy atom. The van der Waals surface area contributed by atoms with Crippen molar-refractivity contribution in [3.63, 3.8) is 0 Å². The fourth-order valence-corrected chi connectivity index (χ4v) is 1.16. The van der Waals surface area contributed by atoms with E-state index in [0.717, 1.165) is 28.4 Å². The maximum Gasteiger partial charge on any atom is 0.0538 e. The first-order valence-electron chi connectivity index (χ1n) is 3.40. The highest BCUT2D eigenvalue weighted by Crippen LogP contribution is 2.02. The molecule has 0 atom stereocenters. The summed E-state index contributed by atoms with van der Waals surface area (Å²) in [4.78, 5) is 0. The third-order valence-corrected chi connectivity index (χ3v) is 2.01. The van der Waals surface area contributed by atoms with Gasteiger partial charge in [-0.25, -0.2) is 0 Å². The second-order valence-electron chi connectivity index (χ2n) is 2.62. The molecule has 0 saturated heterocycles. The number of hydrogen-bond donors (Lipinski definition) is 1. The van der Waals surface area contributed by atoms with E-state index in [1.807, 2.05) is 0 Å². The Labute approximate surface area is 59.4 Å². The van der Waals surface area contributed by atoms with Crippen molar-refractivity contribution >= 4 is 16.0 Å². The van der Waals surface area contributed by atoms with Gasteiger partial charge in [-0.2, -0.15) is 0 Å². The molecule has 0 amide bonds. The summed E-state index contributed by atoms with van der Waals surface area (Å²) in [6.45, 7) is 4.25. The van der Waals surface area contributed by atoms with Gasteiger partial charge in [0.05, 0.1) is 5.71 Å². The largest absolute Gasteiger partial charge is 0.411 e. The second-order valence-corrected chi connectivity index (χ2v) is 3.32. The molecule has 0 radical (unpaired) electrons. The zero-order valence-electron chi connectivity index (χ0n) is 6.39. The molecule has 54 valence electrons. The molecule has 0 saturated carbocycles. The van der Waals surface area contributed by atoms with Crippen LogP contribution in [0.25, 0.3) is 0 Å². The fraction of sp³-hybridized carbons (Fsp3) is 0.833. The molecule has 0 heterocycles. The fourth-order valence-electron chi connectivity index (χ4n) is 0.727. The van der Waals surface area contributed by atoms with E-state index in [4.69, 9.17) is 5.21 Å². The lowest BCUT2D eigenvalue weighted by atomic mass is 10.1. The first-order chi connectivity index (χ1) is 4.20. The molecule has 0 aromatic rings. The monoisotopic (exact) mass is 145 g/mol. The van der Waals surface area contributed by atoms with Gasteiger partial charge in [0.15, 0.2) is 0 Å². The molecule has 0 aliphatic carbocycles. The standard InChI is InChI=1S/C6H15NOSi/c1-5(2)3-6(4-9)7-8/h5,8H,3-4H2,1-2,9H3. The maximum atomic E-state index is 8.39. The first kappa shape index (κ1) is 8.69. The number of rotatable bonds is 3. The molecular weight excluding hydrogens is 130 g/mol. The molecule has 0 fully saturated rings. The minimum Gasteiger partial charge on any atom is -0.411 e. The molecule has 0 rings (SSSR count). The molecule has 2 nitrogen and oxygen atoms in total. The van der Waals surface area contributed by atoms with Crippen LogP contribution in [0.3, 0.4) is 0 Å². The Morgan fingerprint density at radius 1 is 1.67 bits per heavy atom. The SMILES string of the molecule is CC(C)CC(C[SiH3])=NO. The lowest BCUT2D eigenvalue weighted by Gasteiger charge is -2.02. The third-order valence-electron chi connectivity index (χ3n) is 1.19. The molecule has 9 heavy (non-hydrogen) atoms. The highest BCUT2D eigenvalue weighted by Gasteiger charge is 1.99. The van der Waals surface area contributed by atoms with Crippen LogP contribution >= 0.6 is 0 Å². The minimum absolute atomic E-state index is 0.616. The summed E-state index contributed by atoms with van der Waals surface area (Å²) in [5, 5.41) is 11.6. The minimum atomic E-state index is 0.616. The molecule has 0 aliphatic heterocycles. The molecule has 0 aromatic carbocycles. The number of nitrogens with zero attached hydrogens (tertiary/aromatic N) is 1. The molecule has 3 heteroatoms. The smallest absolute Gasteiger partial charge is 0.0538 e. The van der Waals surface area contributed by atoms with E-state index >= 15 is 0 Å². The van der Waals surface area contributed by atoms with E-state index in [-0.39, 0.29) is 0 Å². The molecule has 0 spiro atoms. The summed E-state index contributed by atoms with van der Waals surface area (Å²) in [6, 6.07) is 0.995. The van der Waals surface area contributed by atoms with Crippen molar-refractivity contribution in [2.45, 2.75) is 26.3 Å². The van der Waals surface area contributed by atoms with Crippen molar-refractivity contribution < 1.29 is 5.21 Å². The Morgan fingerprint density at radius 2 is 2.22 bits per heavy atom. The van der Waals surface area contributed by atoms with E-state index in [1.165, 1.54) is 0 Å². The van der Waals surface area contributed by atoms with Gasteiger partial charge in [-0.15, -0.1) is 0 Å². The normalized spacial score (nSPS) is 13.0. The molecular formula is C6H15NOSi. The predicted octanol–water partition coefficient (Wildman–Crippen LogP) is 0.646. The molecule has 1 N–H and O–H groups in total. The van der Waals surface area contributed by atoms with Crippen molar-refractivity contribution in [1.29, 1.82) is 0 Å². The second kappa shape index (κ2) is 4.55. The van der Waals surface area contributed by atoms with Gasteiger partial charge in [0.2, 0.25) is 0 Å². The molecule has 0 aliphatic rings. The summed E-state index contributed by atoms with van der Waals surface area (Å²) in [6.07, 6.45) is 0.944. The van der Waals surface area contributed by atoms with Crippen LogP contribution in [0.15, 0.2) is 5.16 Å². The first-order valence-corrected chi connectivity index (χ1v) is 4.81. The van der Waals surface area contributed by atoms with E-state index < -0.39 is 0 Å². The van der Waals surface area contributed by atoms with Gasteiger partial charge < -0.3 is 5.21 Å². The van der Waals surface area contributed by atoms with Crippen LogP contribution in [-0.4, -0.2) is 21.2 Å². The van der Waals surface area contributed by atoms with Crippen molar-refractivity contribution in [3.8, 4) is 0 Å². The summed E-state index contributed by atoms with van der Waals surface area (Å²) >= 11 is 0. The van der Waals surface area contributed by atoms with Crippen molar-refractivity contribution in [2.24, 2.45) is 11.1 Å². The van der Waals surface area contributed by atoms with E-state index in [1.54, 1.807) is 0 Å². The van der Waals surface area contributed by atoms with Gasteiger partial charge in [0.1, 0.15) is 0 Å². The maximum absolute atomic E-state index is 8.39. The quantitative estimate of drug-likeness (QED) is 0.269. The average molecular weight is 145 g/mol. The van der Waals surface area contributed by atoms with Gasteiger partial charge in [0.25, 0.3) is 0 Å². The van der Waals surface area contributed by atoms with E-state index in [0.29, 0.717) is 5.92 Å². The zero-order chi connectivity index (χ0) is 7.28. The highest BCUT2D eigenvalue weighted by molar-refractivity contribution is 6.21. The predicted molar refractivity (Wildman–Crippen MR) is 43.4 cm³/mol. The Hall–Kier alpha value is -0.313. The van der Waals surface area contributed by atoms with Gasteiger partial charge >= 0.3 is 0 Å². The van der Waals surface area contributed by atoms with Crippen LogP contribution in [0, 0.1) is 5.92 Å². The van der Waals surface area contributed by atoms with Crippen LogP contribution in [0.4, 0.5) is 0 Å². The molecule has 0 bridgehead atoms. The third kappa shape index (κ3) is 4.21. The topological polar surface area (TPSA) is 32.6 Å². The zero-order valence-corrected chi connectivity index (χ0v) is 8.39. The Kier molecular flexibility index (Phi) is 4.40. The average Bonchev–Trinajstić information content (AvgIpc) is 1.82. The van der Waals surface area contributed by atoms with Gasteiger partial charge in [-0.3, -0.25) is 0 Å². The molecule has 0 unspecified atom stereocenters. The van der Waals surface area contributed by atoms with Crippen molar-refractivity contribution in [2.75, 3.05) is 0 Å².